The second-order valence-corrected chi connectivity index (χ2v) is 7.98. The fourth-order valence-electron chi connectivity index (χ4n) is 3.01. The van der Waals surface area contributed by atoms with E-state index in [9.17, 15) is 14.4 Å². The van der Waals surface area contributed by atoms with Gasteiger partial charge in [0.05, 0.1) is 6.21 Å². The van der Waals surface area contributed by atoms with Gasteiger partial charge in [0.15, 0.2) is 6.61 Å². The SMILES string of the molecule is C=CCOc1ccc(NC(=O)C(=O)N/N=C\c2ccc(OCC(=O)Nc3ccc(C)c(C)c3)cc2)cc1. The first-order chi connectivity index (χ1) is 17.8. The molecule has 9 heteroatoms. The molecule has 0 saturated heterocycles. The Bertz CT molecular complexity index is 1280. The van der Waals surface area contributed by atoms with E-state index in [2.05, 4.69) is 27.7 Å². The summed E-state index contributed by atoms with van der Waals surface area (Å²) in [6, 6.07) is 19.0. The monoisotopic (exact) mass is 500 g/mol. The number of hydrogen-bond donors (Lipinski definition) is 3. The van der Waals surface area contributed by atoms with Crippen molar-refractivity contribution in [3.63, 3.8) is 0 Å². The number of anilines is 2. The number of nitrogens with zero attached hydrogens (tertiary/aromatic N) is 1. The second kappa shape index (κ2) is 13.2. The van der Waals surface area contributed by atoms with E-state index >= 15 is 0 Å². The zero-order chi connectivity index (χ0) is 26.6. The lowest BCUT2D eigenvalue weighted by Gasteiger charge is -2.09. The first kappa shape index (κ1) is 26.7. The van der Waals surface area contributed by atoms with E-state index in [0.717, 1.165) is 11.1 Å². The summed E-state index contributed by atoms with van der Waals surface area (Å²) in [5.41, 5.74) is 6.22. The minimum absolute atomic E-state index is 0.143. The van der Waals surface area contributed by atoms with E-state index in [1.165, 1.54) is 6.21 Å². The molecular formula is C28H28N4O5. The lowest BCUT2D eigenvalue weighted by atomic mass is 10.1. The number of rotatable bonds is 10. The van der Waals surface area contributed by atoms with Crippen molar-refractivity contribution in [3.8, 4) is 11.5 Å². The standard InChI is InChI=1S/C28H28N4O5/c1-4-15-36-24-13-9-22(10-14-24)31-27(34)28(35)32-29-17-21-6-11-25(12-7-21)37-18-26(33)30-23-8-5-19(2)20(3)16-23/h4-14,16-17H,1,15,18H2,2-3H3,(H,30,33)(H,31,34)(H,32,35)/b29-17-. The Morgan fingerprint density at radius 2 is 1.46 bits per heavy atom. The highest BCUT2D eigenvalue weighted by Gasteiger charge is 2.13. The third kappa shape index (κ3) is 8.66. The Morgan fingerprint density at radius 3 is 2.14 bits per heavy atom. The minimum atomic E-state index is -0.919. The molecular weight excluding hydrogens is 472 g/mol. The predicted molar refractivity (Wildman–Crippen MR) is 143 cm³/mol. The highest BCUT2D eigenvalue weighted by Crippen LogP contribution is 2.16. The van der Waals surface area contributed by atoms with Gasteiger partial charge >= 0.3 is 11.8 Å². The molecule has 0 aliphatic rings. The Balaban J connectivity index is 1.41. The van der Waals surface area contributed by atoms with Crippen molar-refractivity contribution < 1.29 is 23.9 Å². The van der Waals surface area contributed by atoms with E-state index in [-0.39, 0.29) is 12.5 Å². The van der Waals surface area contributed by atoms with Gasteiger partial charge in [0, 0.05) is 11.4 Å². The molecule has 3 aromatic carbocycles. The fourth-order valence-corrected chi connectivity index (χ4v) is 3.01. The number of hydrazone groups is 1. The van der Waals surface area contributed by atoms with Gasteiger partial charge in [-0.25, -0.2) is 5.43 Å². The topological polar surface area (TPSA) is 118 Å². The molecule has 0 bridgehead atoms. The zero-order valence-corrected chi connectivity index (χ0v) is 20.6. The largest absolute Gasteiger partial charge is 0.490 e. The van der Waals surface area contributed by atoms with Crippen molar-refractivity contribution in [2.45, 2.75) is 13.8 Å². The van der Waals surface area contributed by atoms with Crippen molar-refractivity contribution >= 4 is 35.3 Å². The molecule has 3 aromatic rings. The van der Waals surface area contributed by atoms with Gasteiger partial charge in [-0.2, -0.15) is 5.10 Å². The Kier molecular flexibility index (Phi) is 9.55. The number of amides is 3. The van der Waals surface area contributed by atoms with Gasteiger partial charge in [0.2, 0.25) is 0 Å². The maximum absolute atomic E-state index is 12.1. The summed E-state index contributed by atoms with van der Waals surface area (Å²) in [7, 11) is 0. The van der Waals surface area contributed by atoms with Crippen molar-refractivity contribution in [1.82, 2.24) is 5.43 Å². The molecule has 0 fully saturated rings. The van der Waals surface area contributed by atoms with Crippen molar-refractivity contribution in [1.29, 1.82) is 0 Å². The van der Waals surface area contributed by atoms with Crippen molar-refractivity contribution in [2.24, 2.45) is 5.10 Å². The third-order valence-corrected chi connectivity index (χ3v) is 5.11. The number of nitrogens with one attached hydrogen (secondary N) is 3. The van der Waals surface area contributed by atoms with Crippen molar-refractivity contribution in [2.75, 3.05) is 23.8 Å². The Morgan fingerprint density at radius 1 is 0.811 bits per heavy atom. The van der Waals surface area contributed by atoms with E-state index < -0.39 is 11.8 Å². The first-order valence-corrected chi connectivity index (χ1v) is 11.4. The molecule has 190 valence electrons. The van der Waals surface area contributed by atoms with Crippen LogP contribution >= 0.6 is 0 Å². The molecule has 0 radical (unpaired) electrons. The van der Waals surface area contributed by atoms with Crippen LogP contribution in [0.3, 0.4) is 0 Å². The first-order valence-electron chi connectivity index (χ1n) is 11.4. The van der Waals surface area contributed by atoms with Crippen LogP contribution in [-0.2, 0) is 14.4 Å². The molecule has 0 saturated carbocycles. The third-order valence-electron chi connectivity index (χ3n) is 5.11. The molecule has 3 rings (SSSR count). The molecule has 0 aliphatic carbocycles. The molecule has 0 heterocycles. The number of carbonyl (C=O) groups excluding carboxylic acids is 3. The van der Waals surface area contributed by atoms with Crippen LogP contribution in [0.5, 0.6) is 11.5 Å². The normalized spacial score (nSPS) is 10.4. The molecule has 3 N–H and O–H groups in total. The van der Waals surface area contributed by atoms with Crippen LogP contribution in [0.2, 0.25) is 0 Å². The average molecular weight is 501 g/mol. The Labute approximate surface area is 215 Å². The minimum Gasteiger partial charge on any atom is -0.490 e. The van der Waals surface area contributed by atoms with Crippen LogP contribution in [0.25, 0.3) is 0 Å². The maximum Gasteiger partial charge on any atom is 0.329 e. The van der Waals surface area contributed by atoms with Gasteiger partial charge in [-0.3, -0.25) is 14.4 Å². The summed E-state index contributed by atoms with van der Waals surface area (Å²) in [5.74, 6) is -0.940. The smallest absolute Gasteiger partial charge is 0.329 e. The van der Waals surface area contributed by atoms with Gasteiger partial charge in [-0.15, -0.1) is 0 Å². The van der Waals surface area contributed by atoms with Gasteiger partial charge in [-0.05, 0) is 91.2 Å². The summed E-state index contributed by atoms with van der Waals surface area (Å²) >= 11 is 0. The molecule has 9 nitrogen and oxygen atoms in total. The van der Waals surface area contributed by atoms with Gasteiger partial charge in [0.25, 0.3) is 5.91 Å². The van der Waals surface area contributed by atoms with E-state index in [0.29, 0.717) is 35.0 Å². The number of benzene rings is 3. The van der Waals surface area contributed by atoms with Crippen LogP contribution in [0.15, 0.2) is 84.5 Å². The molecule has 37 heavy (non-hydrogen) atoms. The summed E-state index contributed by atoms with van der Waals surface area (Å²) in [6.45, 7) is 7.78. The van der Waals surface area contributed by atoms with Gasteiger partial charge in [-0.1, -0.05) is 18.7 Å². The number of ether oxygens (including phenoxy) is 2. The summed E-state index contributed by atoms with van der Waals surface area (Å²) < 4.78 is 10.9. The number of hydrogen-bond acceptors (Lipinski definition) is 6. The summed E-state index contributed by atoms with van der Waals surface area (Å²) in [6.07, 6.45) is 3.01. The quantitative estimate of drug-likeness (QED) is 0.168. The van der Waals surface area contributed by atoms with E-state index in [1.807, 2.05) is 32.0 Å². The lowest BCUT2D eigenvalue weighted by molar-refractivity contribution is -0.136. The second-order valence-electron chi connectivity index (χ2n) is 7.98. The molecule has 0 spiro atoms. The van der Waals surface area contributed by atoms with Crippen LogP contribution in [0, 0.1) is 13.8 Å². The molecule has 3 amide bonds. The number of carbonyl (C=O) groups is 3. The van der Waals surface area contributed by atoms with Crippen LogP contribution in [-0.4, -0.2) is 37.1 Å². The molecule has 0 aromatic heterocycles. The highest BCUT2D eigenvalue weighted by molar-refractivity contribution is 6.39. The molecule has 0 aliphatic heterocycles. The van der Waals surface area contributed by atoms with Crippen LogP contribution in [0.1, 0.15) is 16.7 Å². The Hall–Kier alpha value is -4.92. The van der Waals surface area contributed by atoms with E-state index in [4.69, 9.17) is 9.47 Å². The highest BCUT2D eigenvalue weighted by atomic mass is 16.5. The van der Waals surface area contributed by atoms with Gasteiger partial charge < -0.3 is 20.1 Å². The van der Waals surface area contributed by atoms with Gasteiger partial charge in [0.1, 0.15) is 18.1 Å². The molecule has 0 atom stereocenters. The summed E-state index contributed by atoms with van der Waals surface area (Å²) in [4.78, 5) is 36.2. The average Bonchev–Trinajstić information content (AvgIpc) is 2.90. The predicted octanol–water partition coefficient (Wildman–Crippen LogP) is 3.97. The molecule has 0 unspecified atom stereocenters. The van der Waals surface area contributed by atoms with Crippen molar-refractivity contribution in [3.05, 3.63) is 96.1 Å². The number of aryl methyl sites for hydroxylation is 2. The fraction of sp³-hybridized carbons (Fsp3) is 0.143. The van der Waals surface area contributed by atoms with E-state index in [1.54, 1.807) is 54.6 Å². The van der Waals surface area contributed by atoms with Crippen LogP contribution < -0.4 is 25.5 Å². The van der Waals surface area contributed by atoms with Crippen LogP contribution in [0.4, 0.5) is 11.4 Å². The lowest BCUT2D eigenvalue weighted by Crippen LogP contribution is -2.32. The maximum atomic E-state index is 12.1. The summed E-state index contributed by atoms with van der Waals surface area (Å²) in [5, 5.41) is 9.07. The zero-order valence-electron chi connectivity index (χ0n) is 20.6.